The standard InChI is InChI=1S/C16H23NO2/c1-4-12-6-8-13(9-7-12)16(5-2)11-17-10-14(16)15(18)19-3/h6-9,14,17H,4-5,10-11H2,1-3H3. The van der Waals surface area contributed by atoms with Crippen molar-refractivity contribution in [3.05, 3.63) is 35.4 Å². The minimum atomic E-state index is -0.126. The van der Waals surface area contributed by atoms with E-state index in [1.165, 1.54) is 18.2 Å². The third kappa shape index (κ3) is 2.39. The molecule has 0 spiro atoms. The van der Waals surface area contributed by atoms with Gasteiger partial charge in [-0.25, -0.2) is 0 Å². The van der Waals surface area contributed by atoms with Crippen molar-refractivity contribution in [1.82, 2.24) is 5.32 Å². The molecule has 1 aliphatic rings. The molecule has 2 rings (SSSR count). The van der Waals surface area contributed by atoms with Gasteiger partial charge in [-0.2, -0.15) is 0 Å². The van der Waals surface area contributed by atoms with Gasteiger partial charge in [0.1, 0.15) is 0 Å². The predicted octanol–water partition coefficient (Wildman–Crippen LogP) is 2.29. The third-order valence-electron chi connectivity index (χ3n) is 4.51. The molecule has 0 aliphatic carbocycles. The highest BCUT2D eigenvalue weighted by Crippen LogP contribution is 2.39. The summed E-state index contributed by atoms with van der Waals surface area (Å²) in [7, 11) is 1.47. The fourth-order valence-electron chi connectivity index (χ4n) is 3.16. The largest absolute Gasteiger partial charge is 0.469 e. The van der Waals surface area contributed by atoms with Crippen molar-refractivity contribution in [1.29, 1.82) is 0 Å². The van der Waals surface area contributed by atoms with E-state index in [0.717, 1.165) is 19.4 Å². The van der Waals surface area contributed by atoms with Gasteiger partial charge in [-0.1, -0.05) is 38.1 Å². The van der Waals surface area contributed by atoms with Gasteiger partial charge in [0, 0.05) is 18.5 Å². The molecule has 0 aromatic heterocycles. The van der Waals surface area contributed by atoms with Crippen LogP contribution in [0.3, 0.4) is 0 Å². The number of nitrogens with one attached hydrogen (secondary N) is 1. The van der Waals surface area contributed by atoms with Gasteiger partial charge < -0.3 is 10.1 Å². The molecule has 0 amide bonds. The topological polar surface area (TPSA) is 38.3 Å². The lowest BCUT2D eigenvalue weighted by molar-refractivity contribution is -0.146. The Morgan fingerprint density at radius 3 is 2.58 bits per heavy atom. The lowest BCUT2D eigenvalue weighted by Crippen LogP contribution is -2.39. The average Bonchev–Trinajstić information content (AvgIpc) is 2.91. The van der Waals surface area contributed by atoms with Crippen molar-refractivity contribution in [2.45, 2.75) is 32.1 Å². The SMILES string of the molecule is CCc1ccc(C2(CC)CNCC2C(=O)OC)cc1. The number of rotatable bonds is 4. The van der Waals surface area contributed by atoms with E-state index in [1.54, 1.807) is 0 Å². The zero-order valence-electron chi connectivity index (χ0n) is 12.0. The molecule has 1 heterocycles. The number of hydrogen-bond acceptors (Lipinski definition) is 3. The smallest absolute Gasteiger partial charge is 0.310 e. The number of aryl methyl sites for hydroxylation is 1. The van der Waals surface area contributed by atoms with Crippen LogP contribution in [0.4, 0.5) is 0 Å². The lowest BCUT2D eigenvalue weighted by Gasteiger charge is -2.32. The Morgan fingerprint density at radius 1 is 1.37 bits per heavy atom. The number of benzene rings is 1. The molecule has 104 valence electrons. The van der Waals surface area contributed by atoms with E-state index in [4.69, 9.17) is 4.74 Å². The van der Waals surface area contributed by atoms with E-state index < -0.39 is 0 Å². The summed E-state index contributed by atoms with van der Waals surface area (Å²) in [5.74, 6) is -0.193. The first-order chi connectivity index (χ1) is 9.17. The molecular weight excluding hydrogens is 238 g/mol. The Hall–Kier alpha value is -1.35. The first-order valence-electron chi connectivity index (χ1n) is 7.06. The third-order valence-corrected chi connectivity index (χ3v) is 4.51. The highest BCUT2D eigenvalue weighted by Gasteiger charge is 2.47. The summed E-state index contributed by atoms with van der Waals surface area (Å²) < 4.78 is 4.98. The van der Waals surface area contributed by atoms with E-state index >= 15 is 0 Å². The van der Waals surface area contributed by atoms with Crippen LogP contribution < -0.4 is 5.32 Å². The van der Waals surface area contributed by atoms with E-state index in [-0.39, 0.29) is 17.3 Å². The molecule has 1 saturated heterocycles. The summed E-state index contributed by atoms with van der Waals surface area (Å²) in [6, 6.07) is 8.68. The molecule has 0 saturated carbocycles. The second kappa shape index (κ2) is 5.74. The summed E-state index contributed by atoms with van der Waals surface area (Å²) in [6.45, 7) is 5.85. The van der Waals surface area contributed by atoms with Crippen LogP contribution in [0.15, 0.2) is 24.3 Å². The molecule has 0 bridgehead atoms. The number of methoxy groups -OCH3 is 1. The van der Waals surface area contributed by atoms with Crippen LogP contribution in [-0.2, 0) is 21.4 Å². The van der Waals surface area contributed by atoms with Gasteiger partial charge in [0.05, 0.1) is 13.0 Å². The van der Waals surface area contributed by atoms with Crippen LogP contribution in [0.5, 0.6) is 0 Å². The maximum Gasteiger partial charge on any atom is 0.310 e. The van der Waals surface area contributed by atoms with Crippen LogP contribution in [-0.4, -0.2) is 26.2 Å². The van der Waals surface area contributed by atoms with Crippen molar-refractivity contribution >= 4 is 5.97 Å². The first-order valence-corrected chi connectivity index (χ1v) is 7.06. The normalized spacial score (nSPS) is 26.4. The summed E-state index contributed by atoms with van der Waals surface area (Å²) in [4.78, 5) is 12.0. The number of carbonyl (C=O) groups excluding carboxylic acids is 1. The summed E-state index contributed by atoms with van der Waals surface area (Å²) in [5, 5.41) is 3.36. The molecule has 1 aliphatic heterocycles. The van der Waals surface area contributed by atoms with Gasteiger partial charge >= 0.3 is 5.97 Å². The number of carbonyl (C=O) groups is 1. The van der Waals surface area contributed by atoms with Crippen molar-refractivity contribution in [3.8, 4) is 0 Å². The zero-order valence-corrected chi connectivity index (χ0v) is 12.0. The Balaban J connectivity index is 2.37. The molecule has 19 heavy (non-hydrogen) atoms. The second-order valence-corrected chi connectivity index (χ2v) is 5.27. The van der Waals surface area contributed by atoms with E-state index in [2.05, 4.69) is 43.4 Å². The monoisotopic (exact) mass is 261 g/mol. The van der Waals surface area contributed by atoms with Crippen LogP contribution in [0.25, 0.3) is 0 Å². The molecule has 1 aromatic carbocycles. The lowest BCUT2D eigenvalue weighted by atomic mass is 9.70. The van der Waals surface area contributed by atoms with Crippen molar-refractivity contribution in [3.63, 3.8) is 0 Å². The minimum absolute atomic E-state index is 0.0880. The Labute approximate surface area is 115 Å². The molecule has 1 N–H and O–H groups in total. The second-order valence-electron chi connectivity index (χ2n) is 5.27. The van der Waals surface area contributed by atoms with E-state index in [1.807, 2.05) is 0 Å². The van der Waals surface area contributed by atoms with E-state index in [0.29, 0.717) is 6.54 Å². The van der Waals surface area contributed by atoms with Crippen LogP contribution in [0, 0.1) is 5.92 Å². The van der Waals surface area contributed by atoms with Gasteiger partial charge in [0.25, 0.3) is 0 Å². The van der Waals surface area contributed by atoms with Gasteiger partial charge in [0.2, 0.25) is 0 Å². The molecule has 1 aromatic rings. The zero-order chi connectivity index (χ0) is 13.9. The maximum absolute atomic E-state index is 12.0. The minimum Gasteiger partial charge on any atom is -0.469 e. The Bertz CT molecular complexity index is 441. The molecule has 2 atom stereocenters. The van der Waals surface area contributed by atoms with Gasteiger partial charge in [-0.05, 0) is 24.0 Å². The molecule has 3 nitrogen and oxygen atoms in total. The Kier molecular flexibility index (Phi) is 4.25. The summed E-state index contributed by atoms with van der Waals surface area (Å²) >= 11 is 0. The van der Waals surface area contributed by atoms with Crippen molar-refractivity contribution in [2.75, 3.05) is 20.2 Å². The fourth-order valence-corrected chi connectivity index (χ4v) is 3.16. The highest BCUT2D eigenvalue weighted by atomic mass is 16.5. The van der Waals surface area contributed by atoms with E-state index in [9.17, 15) is 4.79 Å². The first kappa shape index (κ1) is 14.1. The van der Waals surface area contributed by atoms with Crippen LogP contribution in [0.1, 0.15) is 31.4 Å². The van der Waals surface area contributed by atoms with Crippen LogP contribution >= 0.6 is 0 Å². The molecule has 0 radical (unpaired) electrons. The molecule has 1 fully saturated rings. The van der Waals surface area contributed by atoms with Crippen molar-refractivity contribution in [2.24, 2.45) is 5.92 Å². The van der Waals surface area contributed by atoms with Gasteiger partial charge in [-0.3, -0.25) is 4.79 Å². The van der Waals surface area contributed by atoms with Gasteiger partial charge in [-0.15, -0.1) is 0 Å². The summed E-state index contributed by atoms with van der Waals surface area (Å²) in [5.41, 5.74) is 2.45. The fraction of sp³-hybridized carbons (Fsp3) is 0.562. The average molecular weight is 261 g/mol. The quantitative estimate of drug-likeness (QED) is 0.845. The molecule has 2 unspecified atom stereocenters. The van der Waals surface area contributed by atoms with Crippen molar-refractivity contribution < 1.29 is 9.53 Å². The highest BCUT2D eigenvalue weighted by molar-refractivity contribution is 5.75. The predicted molar refractivity (Wildman–Crippen MR) is 76.2 cm³/mol. The maximum atomic E-state index is 12.0. The number of hydrogen-bond donors (Lipinski definition) is 1. The molecular formula is C16H23NO2. The number of ether oxygens (including phenoxy) is 1. The summed E-state index contributed by atoms with van der Waals surface area (Å²) in [6.07, 6.45) is 1.98. The van der Waals surface area contributed by atoms with Gasteiger partial charge in [0.15, 0.2) is 0 Å². The number of esters is 1. The molecule has 3 heteroatoms. The Morgan fingerprint density at radius 2 is 2.05 bits per heavy atom. The van der Waals surface area contributed by atoms with Crippen LogP contribution in [0.2, 0.25) is 0 Å².